The third-order valence-corrected chi connectivity index (χ3v) is 7.95. The standard InChI is InChI=1S/C25H28N2O2/c26-25-11-15-9-16(12-25)23(17(10-15)13-25)27-24(28)29-14-22-20-7-3-1-5-18(20)19-6-2-4-8-21(19)22/h1-8,15-17,22-23H,9-14,26H2,(H,27,28). The van der Waals surface area contributed by atoms with Crippen molar-refractivity contribution in [2.24, 2.45) is 23.5 Å². The molecular weight excluding hydrogens is 360 g/mol. The molecule has 0 saturated heterocycles. The number of hydrogen-bond donors (Lipinski definition) is 2. The molecule has 2 atom stereocenters. The van der Waals surface area contributed by atoms with Crippen LogP contribution in [0.4, 0.5) is 4.79 Å². The molecule has 0 aromatic heterocycles. The fraction of sp³-hybridized carbons (Fsp3) is 0.480. The molecule has 4 bridgehead atoms. The largest absolute Gasteiger partial charge is 0.449 e. The average molecular weight is 389 g/mol. The number of hydrogen-bond acceptors (Lipinski definition) is 3. The van der Waals surface area contributed by atoms with E-state index in [4.69, 9.17) is 10.5 Å². The second-order valence-electron chi connectivity index (χ2n) is 9.83. The molecule has 0 heterocycles. The molecule has 0 radical (unpaired) electrons. The summed E-state index contributed by atoms with van der Waals surface area (Å²) < 4.78 is 5.79. The van der Waals surface area contributed by atoms with Crippen molar-refractivity contribution in [3.8, 4) is 11.1 Å². The molecule has 2 unspecified atom stereocenters. The number of ether oxygens (including phenoxy) is 1. The van der Waals surface area contributed by atoms with Crippen LogP contribution in [0.5, 0.6) is 0 Å². The van der Waals surface area contributed by atoms with Crippen LogP contribution < -0.4 is 11.1 Å². The highest BCUT2D eigenvalue weighted by atomic mass is 16.5. The van der Waals surface area contributed by atoms with Gasteiger partial charge in [-0.2, -0.15) is 0 Å². The van der Waals surface area contributed by atoms with Gasteiger partial charge in [-0.05, 0) is 72.1 Å². The lowest BCUT2D eigenvalue weighted by molar-refractivity contribution is -0.0294. The van der Waals surface area contributed by atoms with Gasteiger partial charge < -0.3 is 15.8 Å². The zero-order valence-electron chi connectivity index (χ0n) is 16.6. The molecule has 7 rings (SSSR count). The van der Waals surface area contributed by atoms with E-state index in [2.05, 4.69) is 53.8 Å². The summed E-state index contributed by atoms with van der Waals surface area (Å²) in [5, 5.41) is 3.23. The molecule has 2 aromatic carbocycles. The van der Waals surface area contributed by atoms with Gasteiger partial charge in [-0.3, -0.25) is 0 Å². The third kappa shape index (κ3) is 2.80. The van der Waals surface area contributed by atoms with Crippen molar-refractivity contribution in [2.75, 3.05) is 6.61 Å². The van der Waals surface area contributed by atoms with Crippen molar-refractivity contribution in [1.29, 1.82) is 0 Å². The summed E-state index contributed by atoms with van der Waals surface area (Å²) >= 11 is 0. The predicted octanol–water partition coefficient (Wildman–Crippen LogP) is 4.43. The molecule has 150 valence electrons. The average Bonchev–Trinajstić information content (AvgIpc) is 3.02. The Morgan fingerprint density at radius 2 is 1.55 bits per heavy atom. The maximum atomic E-state index is 12.7. The molecule has 4 heteroatoms. The Labute approximate surface area is 171 Å². The van der Waals surface area contributed by atoms with Gasteiger partial charge in [0.15, 0.2) is 0 Å². The Morgan fingerprint density at radius 3 is 2.14 bits per heavy atom. The normalized spacial score (nSPS) is 34.0. The van der Waals surface area contributed by atoms with Crippen LogP contribution in [0, 0.1) is 17.8 Å². The van der Waals surface area contributed by atoms with E-state index in [9.17, 15) is 4.79 Å². The molecule has 0 spiro atoms. The van der Waals surface area contributed by atoms with Crippen molar-refractivity contribution in [2.45, 2.75) is 49.6 Å². The highest BCUT2D eigenvalue weighted by molar-refractivity contribution is 5.79. The molecule has 2 aromatic rings. The number of alkyl carbamates (subject to hydrolysis) is 1. The van der Waals surface area contributed by atoms with Crippen molar-refractivity contribution in [1.82, 2.24) is 5.32 Å². The van der Waals surface area contributed by atoms with Gasteiger partial charge in [0.1, 0.15) is 6.61 Å². The Morgan fingerprint density at radius 1 is 0.966 bits per heavy atom. The summed E-state index contributed by atoms with van der Waals surface area (Å²) in [4.78, 5) is 12.7. The van der Waals surface area contributed by atoms with Crippen molar-refractivity contribution < 1.29 is 9.53 Å². The first-order valence-corrected chi connectivity index (χ1v) is 11.0. The van der Waals surface area contributed by atoms with Gasteiger partial charge in [0.05, 0.1) is 0 Å². The monoisotopic (exact) mass is 388 g/mol. The number of nitrogens with one attached hydrogen (secondary N) is 1. The van der Waals surface area contributed by atoms with Gasteiger partial charge in [-0.25, -0.2) is 4.79 Å². The van der Waals surface area contributed by atoms with Gasteiger partial charge in [-0.15, -0.1) is 0 Å². The number of amides is 1. The summed E-state index contributed by atoms with van der Waals surface area (Å²) in [7, 11) is 0. The lowest BCUT2D eigenvalue weighted by Gasteiger charge is -2.58. The Balaban J connectivity index is 1.15. The third-order valence-electron chi connectivity index (χ3n) is 7.95. The summed E-state index contributed by atoms with van der Waals surface area (Å²) in [5.74, 6) is 1.91. The molecule has 0 aliphatic heterocycles. The van der Waals surface area contributed by atoms with E-state index < -0.39 is 0 Å². The highest BCUT2D eigenvalue weighted by Gasteiger charge is 2.54. The molecule has 5 aliphatic carbocycles. The molecule has 5 aliphatic rings. The maximum Gasteiger partial charge on any atom is 0.407 e. The van der Waals surface area contributed by atoms with E-state index in [0.717, 1.165) is 18.8 Å². The molecule has 3 N–H and O–H groups in total. The Hall–Kier alpha value is -2.33. The first-order valence-electron chi connectivity index (χ1n) is 11.0. The molecule has 4 nitrogen and oxygen atoms in total. The van der Waals surface area contributed by atoms with Crippen molar-refractivity contribution >= 4 is 6.09 Å². The number of rotatable bonds is 3. The summed E-state index contributed by atoms with van der Waals surface area (Å²) in [6, 6.07) is 17.1. The van der Waals surface area contributed by atoms with Crippen LogP contribution in [-0.4, -0.2) is 24.3 Å². The van der Waals surface area contributed by atoms with Gasteiger partial charge in [0, 0.05) is 17.5 Å². The van der Waals surface area contributed by atoms with E-state index >= 15 is 0 Å². The minimum absolute atomic E-state index is 0.0237. The fourth-order valence-corrected chi connectivity index (χ4v) is 7.10. The van der Waals surface area contributed by atoms with E-state index in [-0.39, 0.29) is 23.6 Å². The smallest absolute Gasteiger partial charge is 0.407 e. The minimum atomic E-state index is -0.268. The van der Waals surface area contributed by atoms with Crippen LogP contribution in [0.2, 0.25) is 0 Å². The quantitative estimate of drug-likeness (QED) is 0.817. The highest BCUT2D eigenvalue weighted by Crippen LogP contribution is 2.54. The summed E-state index contributed by atoms with van der Waals surface area (Å²) in [6.45, 7) is 0.380. The van der Waals surface area contributed by atoms with E-state index in [0.29, 0.717) is 18.4 Å². The van der Waals surface area contributed by atoms with Crippen LogP contribution >= 0.6 is 0 Å². The SMILES string of the molecule is NC12CC3CC(C1)C(NC(=O)OCC1c4ccccc4-c4ccccc41)C(C3)C2. The molecule has 4 fully saturated rings. The fourth-order valence-electron chi connectivity index (χ4n) is 7.10. The summed E-state index contributed by atoms with van der Waals surface area (Å²) in [5.41, 5.74) is 11.6. The number of benzene rings is 2. The lowest BCUT2D eigenvalue weighted by Crippen LogP contribution is -2.64. The molecule has 4 saturated carbocycles. The van der Waals surface area contributed by atoms with Crippen LogP contribution in [0.1, 0.15) is 49.1 Å². The van der Waals surface area contributed by atoms with E-state index in [1.54, 1.807) is 0 Å². The van der Waals surface area contributed by atoms with Crippen LogP contribution in [-0.2, 0) is 4.74 Å². The number of fused-ring (bicyclic) bond motifs is 3. The van der Waals surface area contributed by atoms with Crippen LogP contribution in [0.25, 0.3) is 11.1 Å². The zero-order chi connectivity index (χ0) is 19.6. The maximum absolute atomic E-state index is 12.7. The molecule has 1 amide bonds. The zero-order valence-corrected chi connectivity index (χ0v) is 16.6. The molecule has 29 heavy (non-hydrogen) atoms. The minimum Gasteiger partial charge on any atom is -0.449 e. The number of carbonyl (C=O) groups excluding carboxylic acids is 1. The van der Waals surface area contributed by atoms with Gasteiger partial charge in [-0.1, -0.05) is 48.5 Å². The van der Waals surface area contributed by atoms with E-state index in [1.807, 2.05) is 0 Å². The van der Waals surface area contributed by atoms with Gasteiger partial charge >= 0.3 is 6.09 Å². The van der Waals surface area contributed by atoms with E-state index in [1.165, 1.54) is 41.5 Å². The lowest BCUT2D eigenvalue weighted by atomic mass is 9.51. The van der Waals surface area contributed by atoms with Crippen molar-refractivity contribution in [3.63, 3.8) is 0 Å². The Kier molecular flexibility index (Phi) is 3.83. The topological polar surface area (TPSA) is 64.3 Å². The second kappa shape index (κ2) is 6.33. The summed E-state index contributed by atoms with van der Waals surface area (Å²) in [6.07, 6.45) is 5.43. The Bertz CT molecular complexity index is 909. The molecular formula is C25H28N2O2. The van der Waals surface area contributed by atoms with Gasteiger partial charge in [0.25, 0.3) is 0 Å². The first kappa shape index (κ1) is 17.5. The number of nitrogens with two attached hydrogens (primary N) is 1. The number of carbonyl (C=O) groups is 1. The van der Waals surface area contributed by atoms with Gasteiger partial charge in [0.2, 0.25) is 0 Å². The second-order valence-corrected chi connectivity index (χ2v) is 9.83. The van der Waals surface area contributed by atoms with Crippen LogP contribution in [0.15, 0.2) is 48.5 Å². The predicted molar refractivity (Wildman–Crippen MR) is 112 cm³/mol. The first-order chi connectivity index (χ1) is 14.1. The van der Waals surface area contributed by atoms with Crippen LogP contribution in [0.3, 0.4) is 0 Å². The van der Waals surface area contributed by atoms with Crippen molar-refractivity contribution in [3.05, 3.63) is 59.7 Å².